The lowest BCUT2D eigenvalue weighted by Gasteiger charge is -2.20. The summed E-state index contributed by atoms with van der Waals surface area (Å²) in [7, 11) is 0. The molecule has 0 aliphatic rings. The van der Waals surface area contributed by atoms with Gasteiger partial charge in [-0.15, -0.1) is 11.3 Å². The molecule has 1 rings (SSSR count). The maximum Gasteiger partial charge on any atom is 0.328 e. The lowest BCUT2D eigenvalue weighted by atomic mass is 10.1. The smallest absolute Gasteiger partial charge is 0.328 e. The fraction of sp³-hybridized carbons (Fsp3) is 0.500. The van der Waals surface area contributed by atoms with Crippen molar-refractivity contribution in [2.24, 2.45) is 0 Å². The molecule has 0 spiro atoms. The summed E-state index contributed by atoms with van der Waals surface area (Å²) in [5.41, 5.74) is -1.19. The number of carbonyl (C=O) groups is 2. The summed E-state index contributed by atoms with van der Waals surface area (Å²) < 4.78 is 0. The monoisotopic (exact) mass is 255 g/mol. The van der Waals surface area contributed by atoms with Crippen LogP contribution in [0, 0.1) is 0 Å². The zero-order valence-corrected chi connectivity index (χ0v) is 10.8. The van der Waals surface area contributed by atoms with Crippen LogP contribution in [0.5, 0.6) is 0 Å². The molecule has 17 heavy (non-hydrogen) atoms. The van der Waals surface area contributed by atoms with Crippen LogP contribution >= 0.6 is 11.3 Å². The van der Waals surface area contributed by atoms with Crippen molar-refractivity contribution in [3.05, 3.63) is 22.4 Å². The minimum Gasteiger partial charge on any atom is -0.480 e. The number of aryl methyl sites for hydroxylation is 1. The quantitative estimate of drug-likeness (QED) is 0.817. The predicted octanol–water partition coefficient (Wildman–Crippen LogP) is 2.05. The van der Waals surface area contributed by atoms with Crippen molar-refractivity contribution < 1.29 is 14.7 Å². The minimum atomic E-state index is -1.19. The molecule has 1 amide bonds. The van der Waals surface area contributed by atoms with E-state index in [1.807, 2.05) is 17.5 Å². The van der Waals surface area contributed by atoms with Gasteiger partial charge in [-0.05, 0) is 38.1 Å². The van der Waals surface area contributed by atoms with Crippen molar-refractivity contribution in [1.82, 2.24) is 5.32 Å². The highest BCUT2D eigenvalue weighted by Crippen LogP contribution is 2.12. The summed E-state index contributed by atoms with van der Waals surface area (Å²) in [5.74, 6) is -1.24. The number of aliphatic carboxylic acids is 1. The van der Waals surface area contributed by atoms with Crippen LogP contribution in [0.1, 0.15) is 31.6 Å². The Hall–Kier alpha value is -1.36. The molecule has 1 aromatic rings. The van der Waals surface area contributed by atoms with Crippen LogP contribution in [-0.4, -0.2) is 22.5 Å². The second-order valence-corrected chi connectivity index (χ2v) is 5.44. The number of amides is 1. The first-order valence-corrected chi connectivity index (χ1v) is 6.36. The topological polar surface area (TPSA) is 66.4 Å². The van der Waals surface area contributed by atoms with E-state index in [0.29, 0.717) is 6.42 Å². The summed E-state index contributed by atoms with van der Waals surface area (Å²) in [6, 6.07) is 4.01. The Kier molecular flexibility index (Phi) is 4.69. The van der Waals surface area contributed by atoms with Crippen LogP contribution in [0.25, 0.3) is 0 Å². The van der Waals surface area contributed by atoms with Gasteiger partial charge in [0.05, 0.1) is 0 Å². The van der Waals surface area contributed by atoms with Gasteiger partial charge in [0.15, 0.2) is 0 Å². The molecular formula is C12H17NO3S. The zero-order chi connectivity index (χ0) is 12.9. The van der Waals surface area contributed by atoms with Crippen LogP contribution in [0.15, 0.2) is 17.5 Å². The minimum absolute atomic E-state index is 0.214. The third-order valence-corrected chi connectivity index (χ3v) is 3.33. The van der Waals surface area contributed by atoms with Crippen molar-refractivity contribution in [1.29, 1.82) is 0 Å². The molecule has 0 unspecified atom stereocenters. The van der Waals surface area contributed by atoms with Crippen molar-refractivity contribution in [2.45, 2.75) is 38.6 Å². The highest BCUT2D eigenvalue weighted by Gasteiger charge is 2.28. The number of carboxylic acid groups (broad SMARTS) is 1. The van der Waals surface area contributed by atoms with Crippen molar-refractivity contribution in [3.8, 4) is 0 Å². The van der Waals surface area contributed by atoms with Gasteiger partial charge in [-0.1, -0.05) is 6.07 Å². The van der Waals surface area contributed by atoms with Crippen LogP contribution in [-0.2, 0) is 16.0 Å². The Morgan fingerprint density at radius 3 is 2.71 bits per heavy atom. The maximum absolute atomic E-state index is 11.5. The Morgan fingerprint density at radius 2 is 2.18 bits per heavy atom. The average Bonchev–Trinajstić information content (AvgIpc) is 2.69. The van der Waals surface area contributed by atoms with E-state index in [1.165, 1.54) is 18.7 Å². The molecule has 0 atom stereocenters. The molecule has 0 bridgehead atoms. The van der Waals surface area contributed by atoms with Crippen molar-refractivity contribution >= 4 is 23.2 Å². The summed E-state index contributed by atoms with van der Waals surface area (Å²) in [6.07, 6.45) is 1.95. The molecule has 0 saturated heterocycles. The molecule has 5 heteroatoms. The fourth-order valence-electron chi connectivity index (χ4n) is 1.34. The Bertz CT molecular complexity index is 384. The molecule has 0 radical (unpaired) electrons. The number of thiophene rings is 1. The van der Waals surface area contributed by atoms with E-state index in [-0.39, 0.29) is 5.91 Å². The van der Waals surface area contributed by atoms with Crippen molar-refractivity contribution in [3.63, 3.8) is 0 Å². The van der Waals surface area contributed by atoms with Gasteiger partial charge in [0, 0.05) is 11.3 Å². The van der Waals surface area contributed by atoms with E-state index >= 15 is 0 Å². The SMILES string of the molecule is CC(C)(NC(=O)CCCc1cccs1)C(=O)O. The first kappa shape index (κ1) is 13.7. The number of hydrogen-bond donors (Lipinski definition) is 2. The van der Waals surface area contributed by atoms with E-state index in [1.54, 1.807) is 11.3 Å². The molecule has 0 aliphatic carbocycles. The van der Waals surface area contributed by atoms with E-state index in [0.717, 1.165) is 12.8 Å². The fourth-order valence-corrected chi connectivity index (χ4v) is 2.09. The van der Waals surface area contributed by atoms with Gasteiger partial charge in [0.2, 0.25) is 5.91 Å². The number of carboxylic acids is 1. The molecule has 0 saturated carbocycles. The van der Waals surface area contributed by atoms with E-state index in [4.69, 9.17) is 5.11 Å². The van der Waals surface area contributed by atoms with E-state index in [2.05, 4.69) is 5.32 Å². The Labute approximate surface area is 105 Å². The van der Waals surface area contributed by atoms with Crippen LogP contribution in [0.2, 0.25) is 0 Å². The second-order valence-electron chi connectivity index (χ2n) is 4.41. The molecule has 94 valence electrons. The lowest BCUT2D eigenvalue weighted by molar-refractivity contribution is -0.146. The lowest BCUT2D eigenvalue weighted by Crippen LogP contribution is -2.49. The van der Waals surface area contributed by atoms with Gasteiger partial charge < -0.3 is 10.4 Å². The summed E-state index contributed by atoms with van der Waals surface area (Å²) >= 11 is 1.67. The summed E-state index contributed by atoms with van der Waals surface area (Å²) in [5, 5.41) is 13.4. The molecule has 1 heterocycles. The molecule has 1 aromatic heterocycles. The first-order chi connectivity index (χ1) is 7.92. The second kappa shape index (κ2) is 5.82. The maximum atomic E-state index is 11.5. The molecular weight excluding hydrogens is 238 g/mol. The number of carbonyl (C=O) groups excluding carboxylic acids is 1. The Balaban J connectivity index is 2.28. The third kappa shape index (κ3) is 4.56. The first-order valence-electron chi connectivity index (χ1n) is 5.48. The largest absolute Gasteiger partial charge is 0.480 e. The average molecular weight is 255 g/mol. The standard InChI is InChI=1S/C12H17NO3S/c1-12(2,11(15)16)13-10(14)7-3-5-9-6-4-8-17-9/h4,6,8H,3,5,7H2,1-2H3,(H,13,14)(H,15,16). The molecule has 0 aromatic carbocycles. The normalized spacial score (nSPS) is 11.2. The van der Waals surface area contributed by atoms with Gasteiger partial charge in [-0.2, -0.15) is 0 Å². The predicted molar refractivity (Wildman–Crippen MR) is 67.1 cm³/mol. The molecule has 4 nitrogen and oxygen atoms in total. The summed E-state index contributed by atoms with van der Waals surface area (Å²) in [4.78, 5) is 23.6. The number of rotatable bonds is 6. The number of nitrogens with one attached hydrogen (secondary N) is 1. The summed E-state index contributed by atoms with van der Waals surface area (Å²) in [6.45, 7) is 2.96. The van der Waals surface area contributed by atoms with Gasteiger partial charge in [-0.25, -0.2) is 4.79 Å². The molecule has 2 N–H and O–H groups in total. The highest BCUT2D eigenvalue weighted by atomic mass is 32.1. The molecule has 0 aliphatic heterocycles. The Morgan fingerprint density at radius 1 is 1.47 bits per heavy atom. The van der Waals surface area contributed by atoms with Crippen LogP contribution in [0.3, 0.4) is 0 Å². The highest BCUT2D eigenvalue weighted by molar-refractivity contribution is 7.09. The van der Waals surface area contributed by atoms with E-state index < -0.39 is 11.5 Å². The van der Waals surface area contributed by atoms with Gasteiger partial charge >= 0.3 is 5.97 Å². The van der Waals surface area contributed by atoms with Crippen LogP contribution < -0.4 is 5.32 Å². The number of hydrogen-bond acceptors (Lipinski definition) is 3. The third-order valence-electron chi connectivity index (χ3n) is 2.39. The zero-order valence-electron chi connectivity index (χ0n) is 10.0. The van der Waals surface area contributed by atoms with Crippen molar-refractivity contribution in [2.75, 3.05) is 0 Å². The van der Waals surface area contributed by atoms with E-state index in [9.17, 15) is 9.59 Å². The van der Waals surface area contributed by atoms with Gasteiger partial charge in [-0.3, -0.25) is 4.79 Å². The molecule has 0 fully saturated rings. The van der Waals surface area contributed by atoms with Gasteiger partial charge in [0.1, 0.15) is 5.54 Å². The van der Waals surface area contributed by atoms with Crippen LogP contribution in [0.4, 0.5) is 0 Å². The van der Waals surface area contributed by atoms with Gasteiger partial charge in [0.25, 0.3) is 0 Å².